The van der Waals surface area contributed by atoms with E-state index in [1.807, 2.05) is 0 Å². The van der Waals surface area contributed by atoms with Gasteiger partial charge in [-0.25, -0.2) is 0 Å². The van der Waals surface area contributed by atoms with Gasteiger partial charge in [-0.05, 0) is 79.9 Å². The van der Waals surface area contributed by atoms with Gasteiger partial charge in [0.05, 0.1) is 5.41 Å². The lowest BCUT2D eigenvalue weighted by molar-refractivity contribution is 0.792. The molecule has 4 aromatic carbocycles. The molecular formula is C29H19Br. The van der Waals surface area contributed by atoms with Crippen molar-refractivity contribution in [2.45, 2.75) is 18.3 Å². The van der Waals surface area contributed by atoms with Gasteiger partial charge >= 0.3 is 0 Å². The minimum atomic E-state index is -0.248. The van der Waals surface area contributed by atoms with Gasteiger partial charge in [0.15, 0.2) is 0 Å². The highest BCUT2D eigenvalue weighted by Gasteiger charge is 2.51. The number of hydrogen-bond acceptors (Lipinski definition) is 0. The maximum Gasteiger partial charge on any atom is 0.0726 e. The number of benzene rings is 4. The summed E-state index contributed by atoms with van der Waals surface area (Å²) in [5.74, 6) is 0. The van der Waals surface area contributed by atoms with Crippen LogP contribution in [-0.4, -0.2) is 0 Å². The minimum Gasteiger partial charge on any atom is -0.0763 e. The molecule has 0 N–H and O–H groups in total. The Morgan fingerprint density at radius 2 is 1.30 bits per heavy atom. The van der Waals surface area contributed by atoms with E-state index in [9.17, 15) is 0 Å². The molecule has 3 aliphatic rings. The van der Waals surface area contributed by atoms with Crippen LogP contribution >= 0.6 is 15.9 Å². The zero-order valence-electron chi connectivity index (χ0n) is 16.5. The Labute approximate surface area is 184 Å². The molecule has 3 aliphatic carbocycles. The maximum atomic E-state index is 3.78. The third kappa shape index (κ3) is 1.88. The summed E-state index contributed by atoms with van der Waals surface area (Å²) in [5, 5.41) is 2.80. The third-order valence-electron chi connectivity index (χ3n) is 7.17. The average molecular weight is 447 g/mol. The molecule has 0 aliphatic heterocycles. The molecule has 0 atom stereocenters. The first kappa shape index (κ1) is 16.8. The van der Waals surface area contributed by atoms with E-state index in [1.54, 1.807) is 0 Å². The molecule has 7 rings (SSSR count). The molecule has 1 spiro atoms. The van der Waals surface area contributed by atoms with Crippen molar-refractivity contribution in [1.82, 2.24) is 0 Å². The molecule has 0 saturated carbocycles. The van der Waals surface area contributed by atoms with E-state index in [0.29, 0.717) is 0 Å². The Morgan fingerprint density at radius 3 is 2.07 bits per heavy atom. The van der Waals surface area contributed by atoms with Gasteiger partial charge in [-0.2, -0.15) is 0 Å². The fourth-order valence-electron chi connectivity index (χ4n) is 6.11. The van der Waals surface area contributed by atoms with Crippen LogP contribution in [0.5, 0.6) is 0 Å². The van der Waals surface area contributed by atoms with Gasteiger partial charge in [0.2, 0.25) is 0 Å². The van der Waals surface area contributed by atoms with Crippen LogP contribution in [0.3, 0.4) is 0 Å². The van der Waals surface area contributed by atoms with Crippen LogP contribution in [0, 0.1) is 0 Å². The topological polar surface area (TPSA) is 0 Å². The van der Waals surface area contributed by atoms with Crippen LogP contribution in [0.1, 0.15) is 35.1 Å². The lowest BCUT2D eigenvalue weighted by Crippen LogP contribution is -2.32. The molecule has 0 nitrogen and oxygen atoms in total. The van der Waals surface area contributed by atoms with Crippen molar-refractivity contribution in [3.8, 4) is 22.3 Å². The normalized spacial score (nSPS) is 16.0. The number of fused-ring (bicyclic) bond motifs is 12. The molecule has 0 bridgehead atoms. The van der Waals surface area contributed by atoms with Crippen molar-refractivity contribution >= 4 is 28.1 Å². The Balaban J connectivity index is 1.76. The number of rotatable bonds is 0. The maximum absolute atomic E-state index is 3.78. The van der Waals surface area contributed by atoms with Gasteiger partial charge < -0.3 is 0 Å². The van der Waals surface area contributed by atoms with Crippen LogP contribution in [0.2, 0.25) is 0 Å². The standard InChI is InChI=1S/C29H19Br/c30-19-14-15-23-27(17-19)29(26-16-13-18-7-1-2-8-20(18)28(23)26)24-11-5-3-9-21(24)22-10-4-6-12-25(22)29/h3-17H,1-2H2. The second kappa shape index (κ2) is 5.83. The molecule has 0 amide bonds. The zero-order valence-corrected chi connectivity index (χ0v) is 18.0. The van der Waals surface area contributed by atoms with Crippen LogP contribution in [0.15, 0.2) is 83.3 Å². The highest BCUT2D eigenvalue weighted by atomic mass is 79.9. The fraction of sp³-hybridized carbons (Fsp3) is 0.103. The van der Waals surface area contributed by atoms with Crippen molar-refractivity contribution in [2.75, 3.05) is 0 Å². The van der Waals surface area contributed by atoms with Gasteiger partial charge in [0.25, 0.3) is 0 Å². The summed E-state index contributed by atoms with van der Waals surface area (Å²) in [7, 11) is 0. The second-order valence-corrected chi connectivity index (χ2v) is 9.42. The van der Waals surface area contributed by atoms with Crippen molar-refractivity contribution in [3.05, 3.63) is 116 Å². The van der Waals surface area contributed by atoms with Gasteiger partial charge in [0.1, 0.15) is 0 Å². The van der Waals surface area contributed by atoms with Crippen molar-refractivity contribution in [3.63, 3.8) is 0 Å². The van der Waals surface area contributed by atoms with E-state index in [-0.39, 0.29) is 5.41 Å². The van der Waals surface area contributed by atoms with Crippen molar-refractivity contribution in [1.29, 1.82) is 0 Å². The molecular weight excluding hydrogens is 428 g/mol. The van der Waals surface area contributed by atoms with E-state index in [2.05, 4.69) is 107 Å². The van der Waals surface area contributed by atoms with Crippen molar-refractivity contribution < 1.29 is 0 Å². The van der Waals surface area contributed by atoms with Crippen LogP contribution in [0.4, 0.5) is 0 Å². The van der Waals surface area contributed by atoms with Gasteiger partial charge in [-0.3, -0.25) is 0 Å². The Hall–Kier alpha value is -2.90. The SMILES string of the molecule is Brc1ccc2c(c1)C1(c3ccccc3-c3ccccc31)c1ccc3c(c1-2)=CCCC=3. The third-order valence-corrected chi connectivity index (χ3v) is 7.66. The Bertz CT molecular complexity index is 1460. The predicted octanol–water partition coefficient (Wildman–Crippen LogP) is 6.15. The van der Waals surface area contributed by atoms with Gasteiger partial charge in [-0.1, -0.05) is 94.8 Å². The summed E-state index contributed by atoms with van der Waals surface area (Å²) in [5.41, 5.74) is 10.9. The second-order valence-electron chi connectivity index (χ2n) is 8.51. The zero-order chi connectivity index (χ0) is 19.9. The molecule has 0 aromatic heterocycles. The summed E-state index contributed by atoms with van der Waals surface area (Å²) < 4.78 is 1.14. The van der Waals surface area contributed by atoms with Crippen LogP contribution < -0.4 is 10.4 Å². The van der Waals surface area contributed by atoms with E-state index in [1.165, 1.54) is 54.9 Å². The molecule has 4 aromatic rings. The first-order valence-electron chi connectivity index (χ1n) is 10.6. The summed E-state index contributed by atoms with van der Waals surface area (Å²) in [6, 6.07) is 29.6. The van der Waals surface area contributed by atoms with Crippen molar-refractivity contribution in [2.24, 2.45) is 0 Å². The molecule has 0 radical (unpaired) electrons. The number of halogens is 1. The first-order valence-corrected chi connectivity index (χ1v) is 11.4. The van der Waals surface area contributed by atoms with Gasteiger partial charge in [-0.15, -0.1) is 0 Å². The molecule has 0 saturated heterocycles. The summed E-state index contributed by atoms with van der Waals surface area (Å²) in [4.78, 5) is 0. The van der Waals surface area contributed by atoms with Crippen LogP contribution in [-0.2, 0) is 5.41 Å². The first-order chi connectivity index (χ1) is 14.8. The monoisotopic (exact) mass is 446 g/mol. The fourth-order valence-corrected chi connectivity index (χ4v) is 6.47. The number of hydrogen-bond donors (Lipinski definition) is 0. The molecule has 1 heteroatoms. The minimum absolute atomic E-state index is 0.248. The molecule has 0 fully saturated rings. The summed E-state index contributed by atoms with van der Waals surface area (Å²) in [6.07, 6.45) is 7.10. The van der Waals surface area contributed by atoms with Gasteiger partial charge in [0, 0.05) is 4.47 Å². The lowest BCUT2D eigenvalue weighted by atomic mass is 9.70. The molecule has 30 heavy (non-hydrogen) atoms. The molecule has 142 valence electrons. The van der Waals surface area contributed by atoms with E-state index in [4.69, 9.17) is 0 Å². The Morgan fingerprint density at radius 1 is 0.600 bits per heavy atom. The molecule has 0 unspecified atom stereocenters. The van der Waals surface area contributed by atoms with E-state index < -0.39 is 0 Å². The van der Waals surface area contributed by atoms with Crippen LogP contribution in [0.25, 0.3) is 34.4 Å². The molecule has 0 heterocycles. The smallest absolute Gasteiger partial charge is 0.0726 e. The van der Waals surface area contributed by atoms with E-state index in [0.717, 1.165) is 17.3 Å². The lowest BCUT2D eigenvalue weighted by Gasteiger charge is -2.30. The Kier molecular flexibility index (Phi) is 3.28. The van der Waals surface area contributed by atoms with E-state index >= 15 is 0 Å². The largest absolute Gasteiger partial charge is 0.0763 e. The highest BCUT2D eigenvalue weighted by molar-refractivity contribution is 9.10. The summed E-state index contributed by atoms with van der Waals surface area (Å²) >= 11 is 3.78. The quantitative estimate of drug-likeness (QED) is 0.262. The highest BCUT2D eigenvalue weighted by Crippen LogP contribution is 2.62. The average Bonchev–Trinajstić information content (AvgIpc) is 3.26. The summed E-state index contributed by atoms with van der Waals surface area (Å²) in [6.45, 7) is 0. The predicted molar refractivity (Wildman–Crippen MR) is 128 cm³/mol.